The summed E-state index contributed by atoms with van der Waals surface area (Å²) in [5, 5.41) is 1.07. The SMILES string of the molecule is CN1CCc2c(c3cc(F)ccc3n2C)C1. The molecule has 0 N–H and O–H groups in total. The second-order valence-electron chi connectivity index (χ2n) is 4.63. The lowest BCUT2D eigenvalue weighted by Crippen LogP contribution is -2.26. The molecule has 16 heavy (non-hydrogen) atoms. The largest absolute Gasteiger partial charge is 0.347 e. The molecule has 3 rings (SSSR count). The minimum absolute atomic E-state index is 0.144. The summed E-state index contributed by atoms with van der Waals surface area (Å²) in [6.07, 6.45) is 1.05. The number of hydrogen-bond donors (Lipinski definition) is 0. The van der Waals surface area contributed by atoms with Gasteiger partial charge in [0.1, 0.15) is 5.82 Å². The molecule has 0 atom stereocenters. The molecule has 0 fully saturated rings. The molecule has 0 amide bonds. The zero-order valence-corrected chi connectivity index (χ0v) is 9.63. The zero-order chi connectivity index (χ0) is 11.3. The number of rotatable bonds is 0. The van der Waals surface area contributed by atoms with Gasteiger partial charge in [0, 0.05) is 43.2 Å². The minimum Gasteiger partial charge on any atom is -0.347 e. The van der Waals surface area contributed by atoms with Crippen molar-refractivity contribution in [2.45, 2.75) is 13.0 Å². The van der Waals surface area contributed by atoms with Gasteiger partial charge in [-0.2, -0.15) is 0 Å². The van der Waals surface area contributed by atoms with E-state index < -0.39 is 0 Å². The van der Waals surface area contributed by atoms with E-state index in [0.29, 0.717) is 0 Å². The van der Waals surface area contributed by atoms with E-state index in [2.05, 4.69) is 23.6 Å². The van der Waals surface area contributed by atoms with E-state index in [1.54, 1.807) is 6.07 Å². The van der Waals surface area contributed by atoms with E-state index in [4.69, 9.17) is 0 Å². The number of likely N-dealkylation sites (N-methyl/N-ethyl adjacent to an activating group) is 1. The molecule has 0 spiro atoms. The van der Waals surface area contributed by atoms with Gasteiger partial charge in [0.05, 0.1) is 0 Å². The van der Waals surface area contributed by atoms with Gasteiger partial charge in [0.15, 0.2) is 0 Å². The molecule has 0 unspecified atom stereocenters. The van der Waals surface area contributed by atoms with Crippen LogP contribution in [0, 0.1) is 5.82 Å². The summed E-state index contributed by atoms with van der Waals surface area (Å²) in [5.74, 6) is -0.144. The van der Waals surface area contributed by atoms with Gasteiger partial charge < -0.3 is 9.47 Å². The summed E-state index contributed by atoms with van der Waals surface area (Å²) < 4.78 is 15.5. The van der Waals surface area contributed by atoms with E-state index in [1.165, 1.54) is 17.3 Å². The highest BCUT2D eigenvalue weighted by Crippen LogP contribution is 2.29. The second-order valence-corrected chi connectivity index (χ2v) is 4.63. The summed E-state index contributed by atoms with van der Waals surface area (Å²) >= 11 is 0. The molecular formula is C13H15FN2. The van der Waals surface area contributed by atoms with Crippen LogP contribution in [0.3, 0.4) is 0 Å². The van der Waals surface area contributed by atoms with Crippen LogP contribution in [-0.4, -0.2) is 23.1 Å². The van der Waals surface area contributed by atoms with Crippen LogP contribution in [0.4, 0.5) is 4.39 Å². The Morgan fingerprint density at radius 2 is 2.06 bits per heavy atom. The van der Waals surface area contributed by atoms with Crippen molar-refractivity contribution >= 4 is 10.9 Å². The molecule has 84 valence electrons. The lowest BCUT2D eigenvalue weighted by Gasteiger charge is -2.23. The Balaban J connectivity index is 2.33. The van der Waals surface area contributed by atoms with Crippen LogP contribution >= 0.6 is 0 Å². The van der Waals surface area contributed by atoms with Crippen LogP contribution < -0.4 is 0 Å². The topological polar surface area (TPSA) is 8.17 Å². The molecule has 0 radical (unpaired) electrons. The van der Waals surface area contributed by atoms with E-state index in [-0.39, 0.29) is 5.82 Å². The Kier molecular flexibility index (Phi) is 2.04. The van der Waals surface area contributed by atoms with Crippen LogP contribution in [0.5, 0.6) is 0 Å². The quantitative estimate of drug-likeness (QED) is 0.658. The molecule has 2 heterocycles. The van der Waals surface area contributed by atoms with Gasteiger partial charge in [-0.25, -0.2) is 4.39 Å². The molecule has 0 saturated carbocycles. The summed E-state index contributed by atoms with van der Waals surface area (Å²) in [4.78, 5) is 2.28. The fourth-order valence-electron chi connectivity index (χ4n) is 2.69. The molecule has 0 aliphatic carbocycles. The monoisotopic (exact) mass is 218 g/mol. The van der Waals surface area contributed by atoms with Gasteiger partial charge in [0.2, 0.25) is 0 Å². The Labute approximate surface area is 94.3 Å². The van der Waals surface area contributed by atoms with E-state index in [9.17, 15) is 4.39 Å². The summed E-state index contributed by atoms with van der Waals surface area (Å²) in [6.45, 7) is 2.01. The Morgan fingerprint density at radius 3 is 2.88 bits per heavy atom. The van der Waals surface area contributed by atoms with Crippen molar-refractivity contribution in [1.29, 1.82) is 0 Å². The van der Waals surface area contributed by atoms with Crippen molar-refractivity contribution in [3.63, 3.8) is 0 Å². The molecule has 1 aromatic carbocycles. The van der Waals surface area contributed by atoms with Crippen molar-refractivity contribution in [2.24, 2.45) is 7.05 Å². The summed E-state index contributed by atoms with van der Waals surface area (Å²) in [7, 11) is 4.19. The van der Waals surface area contributed by atoms with E-state index in [0.717, 1.165) is 30.4 Å². The Morgan fingerprint density at radius 1 is 1.25 bits per heavy atom. The molecule has 1 aliphatic rings. The molecule has 0 saturated heterocycles. The highest BCUT2D eigenvalue weighted by molar-refractivity contribution is 5.85. The highest BCUT2D eigenvalue weighted by Gasteiger charge is 2.20. The van der Waals surface area contributed by atoms with E-state index >= 15 is 0 Å². The molecular weight excluding hydrogens is 203 g/mol. The first-order valence-electron chi connectivity index (χ1n) is 5.61. The van der Waals surface area contributed by atoms with Gasteiger partial charge >= 0.3 is 0 Å². The van der Waals surface area contributed by atoms with Crippen molar-refractivity contribution in [3.8, 4) is 0 Å². The first-order chi connectivity index (χ1) is 7.66. The zero-order valence-electron chi connectivity index (χ0n) is 9.63. The number of nitrogens with zero attached hydrogens (tertiary/aromatic N) is 2. The van der Waals surface area contributed by atoms with Crippen molar-refractivity contribution in [3.05, 3.63) is 35.3 Å². The number of halogens is 1. The number of hydrogen-bond acceptors (Lipinski definition) is 1. The van der Waals surface area contributed by atoms with Crippen LogP contribution in [0.15, 0.2) is 18.2 Å². The lowest BCUT2D eigenvalue weighted by atomic mass is 10.1. The third kappa shape index (κ3) is 1.28. The predicted molar refractivity (Wildman–Crippen MR) is 62.9 cm³/mol. The van der Waals surface area contributed by atoms with Gasteiger partial charge in [-0.1, -0.05) is 0 Å². The maximum atomic E-state index is 13.3. The van der Waals surface area contributed by atoms with Gasteiger partial charge in [0.25, 0.3) is 0 Å². The average molecular weight is 218 g/mol. The van der Waals surface area contributed by atoms with Crippen molar-refractivity contribution in [1.82, 2.24) is 9.47 Å². The average Bonchev–Trinajstić information content (AvgIpc) is 2.52. The predicted octanol–water partition coefficient (Wildman–Crippen LogP) is 2.31. The molecule has 0 bridgehead atoms. The minimum atomic E-state index is -0.144. The first kappa shape index (κ1) is 9.85. The van der Waals surface area contributed by atoms with Crippen LogP contribution in [0.1, 0.15) is 11.3 Å². The Hall–Kier alpha value is -1.35. The van der Waals surface area contributed by atoms with Crippen LogP contribution in [-0.2, 0) is 20.0 Å². The smallest absolute Gasteiger partial charge is 0.123 e. The summed E-state index contributed by atoms with van der Waals surface area (Å²) in [5.41, 5.74) is 3.80. The second kappa shape index (κ2) is 3.32. The fraction of sp³-hybridized carbons (Fsp3) is 0.385. The number of benzene rings is 1. The Bertz CT molecular complexity index is 557. The summed E-state index contributed by atoms with van der Waals surface area (Å²) in [6, 6.07) is 5.08. The van der Waals surface area contributed by atoms with Crippen molar-refractivity contribution < 1.29 is 4.39 Å². The van der Waals surface area contributed by atoms with Gasteiger partial charge in [-0.15, -0.1) is 0 Å². The third-order valence-corrected chi connectivity index (χ3v) is 3.56. The maximum Gasteiger partial charge on any atom is 0.123 e. The molecule has 1 aliphatic heterocycles. The molecule has 3 heteroatoms. The molecule has 2 aromatic rings. The maximum absolute atomic E-state index is 13.3. The molecule has 1 aromatic heterocycles. The molecule has 2 nitrogen and oxygen atoms in total. The number of aromatic nitrogens is 1. The normalized spacial score (nSPS) is 16.7. The van der Waals surface area contributed by atoms with Crippen LogP contribution in [0.2, 0.25) is 0 Å². The number of aryl methyl sites for hydroxylation is 1. The standard InChI is InChI=1S/C13H15FN2/c1-15-6-5-13-11(8-15)10-7-9(14)3-4-12(10)16(13)2/h3-4,7H,5-6,8H2,1-2H3. The fourth-order valence-corrected chi connectivity index (χ4v) is 2.69. The number of fused-ring (bicyclic) bond motifs is 3. The van der Waals surface area contributed by atoms with Gasteiger partial charge in [-0.05, 0) is 30.8 Å². The highest BCUT2D eigenvalue weighted by atomic mass is 19.1. The van der Waals surface area contributed by atoms with E-state index in [1.807, 2.05) is 6.07 Å². The lowest BCUT2D eigenvalue weighted by molar-refractivity contribution is 0.310. The van der Waals surface area contributed by atoms with Crippen molar-refractivity contribution in [2.75, 3.05) is 13.6 Å². The van der Waals surface area contributed by atoms with Gasteiger partial charge in [-0.3, -0.25) is 0 Å². The van der Waals surface area contributed by atoms with Crippen LogP contribution in [0.25, 0.3) is 10.9 Å². The third-order valence-electron chi connectivity index (χ3n) is 3.56. The first-order valence-corrected chi connectivity index (χ1v) is 5.61.